The maximum atomic E-state index is 9.43. The molecule has 0 aliphatic rings. The highest BCUT2D eigenvalue weighted by Gasteiger charge is 2.27. The minimum Gasteiger partial charge on any atom is -0.309 e. The Balaban J connectivity index is 2.15. The lowest BCUT2D eigenvalue weighted by Crippen LogP contribution is -2.37. The van der Waals surface area contributed by atoms with Crippen LogP contribution in [0, 0.1) is 25.2 Å². The largest absolute Gasteiger partial charge is 0.309 e. The van der Waals surface area contributed by atoms with E-state index in [0.717, 1.165) is 10.5 Å². The molecule has 0 spiro atoms. The average Bonchev–Trinajstić information content (AvgIpc) is 2.49. The molecule has 0 amide bonds. The summed E-state index contributed by atoms with van der Waals surface area (Å²) in [7, 11) is 0. The van der Waals surface area contributed by atoms with Crippen molar-refractivity contribution in [2.24, 2.45) is 5.73 Å². The Morgan fingerprint density at radius 3 is 2.40 bits per heavy atom. The van der Waals surface area contributed by atoms with Crippen molar-refractivity contribution < 1.29 is 0 Å². The molecule has 0 aliphatic heterocycles. The number of hydrogen-bond donors (Lipinski definition) is 1. The number of hydrogen-bond acceptors (Lipinski definition) is 3. The molecule has 2 aromatic carbocycles. The lowest BCUT2D eigenvalue weighted by molar-refractivity contribution is 0.659. The van der Waals surface area contributed by atoms with Gasteiger partial charge in [0.25, 0.3) is 0 Å². The zero-order chi connectivity index (χ0) is 14.6. The second-order valence-corrected chi connectivity index (χ2v) is 6.03. The first-order chi connectivity index (χ1) is 9.55. The fourth-order valence-electron chi connectivity index (χ4n) is 1.92. The van der Waals surface area contributed by atoms with Gasteiger partial charge < -0.3 is 5.73 Å². The Labute approximate surface area is 124 Å². The van der Waals surface area contributed by atoms with E-state index in [0.29, 0.717) is 5.75 Å². The normalized spacial score (nSPS) is 13.5. The summed E-state index contributed by atoms with van der Waals surface area (Å²) in [5.74, 6) is 0.538. The number of thioether (sulfide) groups is 1. The standard InChI is InChI=1S/C17H18N2S/c1-13-8-9-16(10-14(13)2)20-12-17(19,11-18)15-6-4-3-5-7-15/h3-10H,12,19H2,1-2H3. The van der Waals surface area contributed by atoms with Crippen LogP contribution >= 0.6 is 11.8 Å². The number of aryl methyl sites for hydroxylation is 2. The first kappa shape index (κ1) is 14.6. The molecule has 3 heteroatoms. The van der Waals surface area contributed by atoms with Crippen molar-refractivity contribution in [2.45, 2.75) is 24.3 Å². The smallest absolute Gasteiger partial charge is 0.139 e. The molecule has 1 atom stereocenters. The zero-order valence-electron chi connectivity index (χ0n) is 11.8. The summed E-state index contributed by atoms with van der Waals surface area (Å²) in [6, 6.07) is 18.1. The van der Waals surface area contributed by atoms with E-state index in [9.17, 15) is 5.26 Å². The van der Waals surface area contributed by atoms with Gasteiger partial charge in [0.15, 0.2) is 0 Å². The SMILES string of the molecule is Cc1ccc(SCC(N)(C#N)c2ccccc2)cc1C. The van der Waals surface area contributed by atoms with Crippen LogP contribution in [0.1, 0.15) is 16.7 Å². The topological polar surface area (TPSA) is 49.8 Å². The van der Waals surface area contributed by atoms with Gasteiger partial charge in [0, 0.05) is 10.6 Å². The zero-order valence-corrected chi connectivity index (χ0v) is 12.6. The first-order valence-electron chi connectivity index (χ1n) is 6.51. The van der Waals surface area contributed by atoms with Crippen LogP contribution in [-0.4, -0.2) is 5.75 Å². The monoisotopic (exact) mass is 282 g/mol. The van der Waals surface area contributed by atoms with Crippen LogP contribution in [0.15, 0.2) is 53.4 Å². The maximum absolute atomic E-state index is 9.43. The van der Waals surface area contributed by atoms with E-state index < -0.39 is 5.54 Å². The minimum atomic E-state index is -0.954. The molecule has 0 saturated carbocycles. The summed E-state index contributed by atoms with van der Waals surface area (Å²) in [5, 5.41) is 9.43. The van der Waals surface area contributed by atoms with E-state index in [1.807, 2.05) is 30.3 Å². The van der Waals surface area contributed by atoms with Gasteiger partial charge in [0.05, 0.1) is 6.07 Å². The van der Waals surface area contributed by atoms with E-state index in [-0.39, 0.29) is 0 Å². The summed E-state index contributed by atoms with van der Waals surface area (Å²) >= 11 is 1.62. The third-order valence-corrected chi connectivity index (χ3v) is 4.62. The fraction of sp³-hybridized carbons (Fsp3) is 0.235. The van der Waals surface area contributed by atoms with Gasteiger partial charge in [-0.15, -0.1) is 11.8 Å². The molecule has 0 fully saturated rings. The molecule has 0 bridgehead atoms. The molecule has 0 heterocycles. The molecule has 1 unspecified atom stereocenters. The Morgan fingerprint density at radius 2 is 1.80 bits per heavy atom. The summed E-state index contributed by atoms with van der Waals surface area (Å²) in [6.07, 6.45) is 0. The highest BCUT2D eigenvalue weighted by Crippen LogP contribution is 2.28. The maximum Gasteiger partial charge on any atom is 0.139 e. The molecule has 102 valence electrons. The highest BCUT2D eigenvalue weighted by atomic mass is 32.2. The molecule has 0 aliphatic carbocycles. The van der Waals surface area contributed by atoms with E-state index >= 15 is 0 Å². The molecule has 2 rings (SSSR count). The van der Waals surface area contributed by atoms with Crippen molar-refractivity contribution >= 4 is 11.8 Å². The number of benzene rings is 2. The van der Waals surface area contributed by atoms with Crippen molar-refractivity contribution in [3.63, 3.8) is 0 Å². The Bertz CT molecular complexity index is 631. The van der Waals surface area contributed by atoms with Gasteiger partial charge in [-0.05, 0) is 42.7 Å². The van der Waals surface area contributed by atoms with Gasteiger partial charge in [0.1, 0.15) is 5.54 Å². The van der Waals surface area contributed by atoms with E-state index in [1.165, 1.54) is 11.1 Å². The van der Waals surface area contributed by atoms with Crippen LogP contribution in [0.3, 0.4) is 0 Å². The molecule has 2 nitrogen and oxygen atoms in total. The Kier molecular flexibility index (Phi) is 4.49. The van der Waals surface area contributed by atoms with Crippen LogP contribution in [0.5, 0.6) is 0 Å². The molecule has 2 aromatic rings. The summed E-state index contributed by atoms with van der Waals surface area (Å²) < 4.78 is 0. The van der Waals surface area contributed by atoms with E-state index in [2.05, 4.69) is 38.1 Å². The Hall–Kier alpha value is -1.76. The van der Waals surface area contributed by atoms with Gasteiger partial charge in [-0.1, -0.05) is 36.4 Å². The van der Waals surface area contributed by atoms with Crippen molar-refractivity contribution in [2.75, 3.05) is 5.75 Å². The fourth-order valence-corrected chi connectivity index (χ4v) is 2.97. The third kappa shape index (κ3) is 3.22. The van der Waals surface area contributed by atoms with Crippen LogP contribution in [0.2, 0.25) is 0 Å². The van der Waals surface area contributed by atoms with Crippen molar-refractivity contribution in [1.29, 1.82) is 5.26 Å². The lowest BCUT2D eigenvalue weighted by Gasteiger charge is -2.21. The lowest BCUT2D eigenvalue weighted by atomic mass is 9.95. The third-order valence-electron chi connectivity index (χ3n) is 3.43. The molecule has 20 heavy (non-hydrogen) atoms. The average molecular weight is 282 g/mol. The van der Waals surface area contributed by atoms with Crippen molar-refractivity contribution in [1.82, 2.24) is 0 Å². The van der Waals surface area contributed by atoms with E-state index in [1.54, 1.807) is 11.8 Å². The van der Waals surface area contributed by atoms with E-state index in [4.69, 9.17) is 5.73 Å². The molecule has 0 aromatic heterocycles. The van der Waals surface area contributed by atoms with Crippen LogP contribution < -0.4 is 5.73 Å². The van der Waals surface area contributed by atoms with Gasteiger partial charge >= 0.3 is 0 Å². The predicted molar refractivity (Wildman–Crippen MR) is 84.6 cm³/mol. The summed E-state index contributed by atoms with van der Waals surface area (Å²) in [6.45, 7) is 4.19. The number of nitriles is 1. The molecule has 0 saturated heterocycles. The van der Waals surface area contributed by atoms with Gasteiger partial charge in [-0.25, -0.2) is 0 Å². The number of rotatable bonds is 4. The molecular formula is C17H18N2S. The molecule has 2 N–H and O–H groups in total. The van der Waals surface area contributed by atoms with Gasteiger partial charge in [-0.2, -0.15) is 5.26 Å². The van der Waals surface area contributed by atoms with Crippen LogP contribution in [0.4, 0.5) is 0 Å². The highest BCUT2D eigenvalue weighted by molar-refractivity contribution is 7.99. The summed E-state index contributed by atoms with van der Waals surface area (Å²) in [5.41, 5.74) is 8.69. The van der Waals surface area contributed by atoms with Crippen LogP contribution in [0.25, 0.3) is 0 Å². The summed E-state index contributed by atoms with van der Waals surface area (Å²) in [4.78, 5) is 1.15. The predicted octanol–water partition coefficient (Wildman–Crippen LogP) is 3.77. The second-order valence-electron chi connectivity index (χ2n) is 4.98. The second kappa shape index (κ2) is 6.13. The van der Waals surface area contributed by atoms with Crippen LogP contribution in [-0.2, 0) is 5.54 Å². The Morgan fingerprint density at radius 1 is 1.10 bits per heavy atom. The minimum absolute atomic E-state index is 0.538. The van der Waals surface area contributed by atoms with Gasteiger partial charge in [-0.3, -0.25) is 0 Å². The quantitative estimate of drug-likeness (QED) is 0.868. The van der Waals surface area contributed by atoms with Crippen molar-refractivity contribution in [3.8, 4) is 6.07 Å². The first-order valence-corrected chi connectivity index (χ1v) is 7.49. The van der Waals surface area contributed by atoms with Crippen molar-refractivity contribution in [3.05, 3.63) is 65.2 Å². The molecular weight excluding hydrogens is 264 g/mol. The van der Waals surface area contributed by atoms with Gasteiger partial charge in [0.2, 0.25) is 0 Å². The molecule has 0 radical (unpaired) electrons. The number of nitrogens with two attached hydrogens (primary N) is 1. The number of nitrogens with zero attached hydrogens (tertiary/aromatic N) is 1.